The van der Waals surface area contributed by atoms with Gasteiger partial charge in [-0.2, -0.15) is 0 Å². The number of hydrogen-bond acceptors (Lipinski definition) is 3. The molecule has 0 aromatic carbocycles. The van der Waals surface area contributed by atoms with Crippen molar-refractivity contribution in [2.24, 2.45) is 0 Å². The molecular formula is C7H13N3. The fraction of sp³-hybridized carbons (Fsp3) is 0.714. The average Bonchev–Trinajstić information content (AvgIpc) is 2.07. The highest BCUT2D eigenvalue weighted by Gasteiger charge is 2.15. The standard InChI is InChI=1S/C7H13N3/c1-2-9-7-6-8-3-5-10(7)4-1/h6,8-9H,1-5H2/i3D,4D. The first-order valence-electron chi connectivity index (χ1n) is 4.74. The molecule has 1 fully saturated rings. The zero-order chi connectivity index (χ0) is 8.55. The summed E-state index contributed by atoms with van der Waals surface area (Å²) in [4.78, 5) is 1.93. The second-order valence-corrected chi connectivity index (χ2v) is 2.45. The van der Waals surface area contributed by atoms with Gasteiger partial charge in [0.2, 0.25) is 0 Å². The van der Waals surface area contributed by atoms with Crippen molar-refractivity contribution in [3.63, 3.8) is 0 Å². The fourth-order valence-electron chi connectivity index (χ4n) is 1.22. The minimum Gasteiger partial charge on any atom is -0.386 e. The Morgan fingerprint density at radius 1 is 1.70 bits per heavy atom. The van der Waals surface area contributed by atoms with E-state index in [1.165, 1.54) is 0 Å². The summed E-state index contributed by atoms with van der Waals surface area (Å²) in [5.41, 5.74) is 0. The molecule has 0 amide bonds. The van der Waals surface area contributed by atoms with E-state index in [-0.39, 0.29) is 13.0 Å². The Morgan fingerprint density at radius 2 is 2.70 bits per heavy atom. The average molecular weight is 141 g/mol. The second-order valence-electron chi connectivity index (χ2n) is 2.45. The lowest BCUT2D eigenvalue weighted by atomic mass is 10.3. The summed E-state index contributed by atoms with van der Waals surface area (Å²) in [6.07, 6.45) is 2.63. The molecule has 2 N–H and O–H groups in total. The Bertz CT molecular complexity index is 207. The fourth-order valence-corrected chi connectivity index (χ4v) is 1.22. The van der Waals surface area contributed by atoms with Gasteiger partial charge in [0.15, 0.2) is 0 Å². The Kier molecular flexibility index (Phi) is 0.988. The van der Waals surface area contributed by atoms with Crippen molar-refractivity contribution in [1.29, 1.82) is 0 Å². The van der Waals surface area contributed by atoms with Crippen molar-refractivity contribution >= 4 is 0 Å². The Balaban J connectivity index is 2.13. The van der Waals surface area contributed by atoms with E-state index in [1.54, 1.807) is 6.20 Å². The van der Waals surface area contributed by atoms with Crippen molar-refractivity contribution in [2.45, 2.75) is 6.42 Å². The van der Waals surface area contributed by atoms with Crippen LogP contribution in [-0.4, -0.2) is 31.0 Å². The van der Waals surface area contributed by atoms with Crippen LogP contribution in [-0.2, 0) is 0 Å². The van der Waals surface area contributed by atoms with Gasteiger partial charge in [-0.25, -0.2) is 0 Å². The molecule has 0 saturated carbocycles. The van der Waals surface area contributed by atoms with Gasteiger partial charge in [0.25, 0.3) is 0 Å². The Hall–Kier alpha value is -0.860. The van der Waals surface area contributed by atoms with Gasteiger partial charge in [0.05, 0.1) is 1.37 Å². The Morgan fingerprint density at radius 3 is 3.70 bits per heavy atom. The van der Waals surface area contributed by atoms with E-state index in [9.17, 15) is 0 Å². The SMILES string of the molecule is [2H]C1CN2C(=CN1)NCCC2[2H]. The largest absolute Gasteiger partial charge is 0.386 e. The van der Waals surface area contributed by atoms with Crippen LogP contribution < -0.4 is 10.6 Å². The lowest BCUT2D eigenvalue weighted by molar-refractivity contribution is 0.267. The highest BCUT2D eigenvalue weighted by molar-refractivity contribution is 5.03. The van der Waals surface area contributed by atoms with Crippen LogP contribution in [0, 0.1) is 0 Å². The van der Waals surface area contributed by atoms with Crippen LogP contribution in [0.4, 0.5) is 0 Å². The Labute approximate surface area is 63.9 Å². The van der Waals surface area contributed by atoms with Gasteiger partial charge in [-0.05, 0) is 6.42 Å². The maximum absolute atomic E-state index is 7.72. The van der Waals surface area contributed by atoms with Crippen LogP contribution in [0.1, 0.15) is 9.16 Å². The van der Waals surface area contributed by atoms with Gasteiger partial charge >= 0.3 is 0 Å². The van der Waals surface area contributed by atoms with E-state index in [4.69, 9.17) is 2.74 Å². The smallest absolute Gasteiger partial charge is 0.118 e. The molecule has 2 aliphatic heterocycles. The van der Waals surface area contributed by atoms with Crippen molar-refractivity contribution in [1.82, 2.24) is 15.5 Å². The molecule has 0 spiro atoms. The first-order valence-corrected chi connectivity index (χ1v) is 3.58. The number of nitrogens with zero attached hydrogens (tertiary/aromatic N) is 1. The molecule has 2 unspecified atom stereocenters. The number of hydrogen-bond donors (Lipinski definition) is 2. The lowest BCUT2D eigenvalue weighted by Crippen LogP contribution is -2.45. The quantitative estimate of drug-likeness (QED) is 0.484. The number of rotatable bonds is 0. The molecule has 3 heteroatoms. The van der Waals surface area contributed by atoms with Crippen LogP contribution >= 0.6 is 0 Å². The summed E-state index contributed by atoms with van der Waals surface area (Å²) >= 11 is 0. The topological polar surface area (TPSA) is 27.3 Å². The summed E-state index contributed by atoms with van der Waals surface area (Å²) < 4.78 is 15.2. The first-order chi connectivity index (χ1) is 5.77. The molecule has 0 aromatic rings. The molecule has 2 aliphatic rings. The predicted molar refractivity (Wildman–Crippen MR) is 40.3 cm³/mol. The third-order valence-electron chi connectivity index (χ3n) is 1.74. The van der Waals surface area contributed by atoms with E-state index < -0.39 is 0 Å². The molecule has 3 nitrogen and oxygen atoms in total. The molecule has 0 radical (unpaired) electrons. The van der Waals surface area contributed by atoms with E-state index >= 15 is 0 Å². The maximum Gasteiger partial charge on any atom is 0.118 e. The summed E-state index contributed by atoms with van der Waals surface area (Å²) in [5.74, 6) is 0.963. The molecular weight excluding hydrogens is 126 g/mol. The van der Waals surface area contributed by atoms with Crippen molar-refractivity contribution in [2.75, 3.05) is 26.1 Å². The highest BCUT2D eigenvalue weighted by Crippen LogP contribution is 2.08. The van der Waals surface area contributed by atoms with Crippen LogP contribution in [0.2, 0.25) is 0 Å². The third-order valence-corrected chi connectivity index (χ3v) is 1.74. The van der Waals surface area contributed by atoms with Crippen molar-refractivity contribution < 1.29 is 2.74 Å². The van der Waals surface area contributed by atoms with Crippen LogP contribution in [0.15, 0.2) is 12.0 Å². The van der Waals surface area contributed by atoms with Gasteiger partial charge in [-0.15, -0.1) is 0 Å². The van der Waals surface area contributed by atoms with Gasteiger partial charge in [0.1, 0.15) is 5.82 Å². The summed E-state index contributed by atoms with van der Waals surface area (Å²) in [6, 6.07) is 0. The highest BCUT2D eigenvalue weighted by atomic mass is 15.3. The van der Waals surface area contributed by atoms with Gasteiger partial charge < -0.3 is 15.5 Å². The van der Waals surface area contributed by atoms with Gasteiger partial charge in [-0.1, -0.05) is 0 Å². The minimum absolute atomic E-state index is 0.174. The van der Waals surface area contributed by atoms with E-state index in [2.05, 4.69) is 10.6 Å². The molecule has 2 heterocycles. The summed E-state index contributed by atoms with van der Waals surface area (Å²) in [6.45, 7) is 1.00. The molecule has 56 valence electrons. The van der Waals surface area contributed by atoms with Crippen molar-refractivity contribution in [3.8, 4) is 0 Å². The molecule has 1 saturated heterocycles. The zero-order valence-electron chi connectivity index (χ0n) is 7.80. The molecule has 0 bridgehead atoms. The first kappa shape index (κ1) is 4.11. The van der Waals surface area contributed by atoms with E-state index in [0.29, 0.717) is 6.54 Å². The van der Waals surface area contributed by atoms with E-state index in [0.717, 1.165) is 18.8 Å². The minimum atomic E-state index is -0.290. The molecule has 2 rings (SSSR count). The maximum atomic E-state index is 7.72. The summed E-state index contributed by atoms with van der Waals surface area (Å²) in [5, 5.41) is 6.11. The molecule has 0 aliphatic carbocycles. The van der Waals surface area contributed by atoms with Crippen LogP contribution in [0.5, 0.6) is 0 Å². The molecule has 2 atom stereocenters. The van der Waals surface area contributed by atoms with Crippen LogP contribution in [0.25, 0.3) is 0 Å². The third kappa shape index (κ3) is 0.916. The van der Waals surface area contributed by atoms with Crippen LogP contribution in [0.3, 0.4) is 0 Å². The zero-order valence-corrected chi connectivity index (χ0v) is 5.80. The van der Waals surface area contributed by atoms with E-state index in [1.807, 2.05) is 4.90 Å². The van der Waals surface area contributed by atoms with Gasteiger partial charge in [-0.3, -0.25) is 0 Å². The monoisotopic (exact) mass is 141 g/mol. The predicted octanol–water partition coefficient (Wildman–Crippen LogP) is -0.316. The molecule has 0 aromatic heterocycles. The summed E-state index contributed by atoms with van der Waals surface area (Å²) in [7, 11) is 0. The normalized spacial score (nSPS) is 41.6. The number of fused-ring (bicyclic) bond motifs is 1. The van der Waals surface area contributed by atoms with Crippen molar-refractivity contribution in [3.05, 3.63) is 12.0 Å². The lowest BCUT2D eigenvalue weighted by Gasteiger charge is -2.35. The van der Waals surface area contributed by atoms with Gasteiger partial charge in [0, 0.05) is 33.7 Å². The second kappa shape index (κ2) is 2.40. The molecule has 10 heavy (non-hydrogen) atoms. The number of nitrogens with one attached hydrogen (secondary N) is 2.